The van der Waals surface area contributed by atoms with Crippen LogP contribution in [0.3, 0.4) is 0 Å². The Hall–Kier alpha value is -1.07. The number of hydrogen-bond donors (Lipinski definition) is 5. The predicted molar refractivity (Wildman–Crippen MR) is 124 cm³/mol. The van der Waals surface area contributed by atoms with Crippen LogP contribution in [0.15, 0.2) is 24.3 Å². The van der Waals surface area contributed by atoms with Crippen LogP contribution < -0.4 is 15.4 Å². The second-order valence-corrected chi connectivity index (χ2v) is 10.0. The minimum absolute atomic E-state index is 0.221. The second kappa shape index (κ2) is 11.4. The lowest BCUT2D eigenvalue weighted by Gasteiger charge is -2.44. The Balaban J connectivity index is 1.68. The van der Waals surface area contributed by atoms with Crippen molar-refractivity contribution in [3.05, 3.63) is 29.8 Å². The van der Waals surface area contributed by atoms with Crippen LogP contribution in [0.4, 0.5) is 0 Å². The summed E-state index contributed by atoms with van der Waals surface area (Å²) in [6.07, 6.45) is -1.70. The molecule has 2 saturated heterocycles. The number of carbonyl (C=O) groups excluding carboxylic acids is 1. The average Bonchev–Trinajstić information content (AvgIpc) is 2.81. The van der Waals surface area contributed by atoms with Crippen molar-refractivity contribution in [2.24, 2.45) is 0 Å². The molecule has 1 aromatic rings. The summed E-state index contributed by atoms with van der Waals surface area (Å²) in [5.74, 6) is 0.773. The van der Waals surface area contributed by atoms with E-state index < -0.39 is 47.3 Å². The molecule has 1 unspecified atom stereocenters. The molecule has 0 aromatic heterocycles. The zero-order valence-electron chi connectivity index (χ0n) is 18.5. The summed E-state index contributed by atoms with van der Waals surface area (Å²) in [5.41, 5.74) is 0.416. The SMILES string of the molecule is COc1ccc([C@@H]2CCN[C@H](C(=O)NC([C@H](C)Cl)[C@H]3O[C@H](SC)[C@H](O)[C@@H](O)[C@H]3O)C2)cc1. The third kappa shape index (κ3) is 5.70. The average molecular weight is 489 g/mol. The number of aliphatic hydroxyl groups excluding tert-OH is 3. The first-order chi connectivity index (χ1) is 15.3. The van der Waals surface area contributed by atoms with E-state index in [4.69, 9.17) is 21.1 Å². The van der Waals surface area contributed by atoms with Gasteiger partial charge in [-0.25, -0.2) is 0 Å². The van der Waals surface area contributed by atoms with Crippen LogP contribution in [-0.2, 0) is 9.53 Å². The number of alkyl halides is 1. The molecule has 10 heteroatoms. The number of aliphatic hydroxyl groups is 3. The summed E-state index contributed by atoms with van der Waals surface area (Å²) >= 11 is 7.58. The molecule has 2 heterocycles. The van der Waals surface area contributed by atoms with Crippen LogP contribution in [0.5, 0.6) is 5.75 Å². The highest BCUT2D eigenvalue weighted by molar-refractivity contribution is 7.99. The van der Waals surface area contributed by atoms with Gasteiger partial charge in [-0.05, 0) is 56.2 Å². The van der Waals surface area contributed by atoms with Crippen LogP contribution in [0.1, 0.15) is 31.2 Å². The first-order valence-electron chi connectivity index (χ1n) is 10.8. The molecule has 0 radical (unpaired) electrons. The molecule has 0 aliphatic carbocycles. The highest BCUT2D eigenvalue weighted by atomic mass is 35.5. The molecule has 2 aliphatic heterocycles. The fraction of sp³-hybridized carbons (Fsp3) is 0.682. The van der Waals surface area contributed by atoms with Crippen molar-refractivity contribution in [3.63, 3.8) is 0 Å². The lowest BCUT2D eigenvalue weighted by atomic mass is 9.86. The number of amides is 1. The van der Waals surface area contributed by atoms with E-state index in [-0.39, 0.29) is 11.8 Å². The van der Waals surface area contributed by atoms with Gasteiger partial charge in [0.1, 0.15) is 35.6 Å². The Morgan fingerprint density at radius 3 is 2.53 bits per heavy atom. The number of halogens is 1. The molecule has 1 amide bonds. The van der Waals surface area contributed by atoms with Gasteiger partial charge in [-0.2, -0.15) is 0 Å². The molecule has 5 N–H and O–H groups in total. The number of hydrogen-bond acceptors (Lipinski definition) is 8. The number of rotatable bonds is 7. The van der Waals surface area contributed by atoms with Crippen molar-refractivity contribution in [1.29, 1.82) is 0 Å². The minimum Gasteiger partial charge on any atom is -0.497 e. The smallest absolute Gasteiger partial charge is 0.237 e. The Labute approximate surface area is 198 Å². The van der Waals surface area contributed by atoms with Crippen molar-refractivity contribution >= 4 is 29.3 Å². The highest BCUT2D eigenvalue weighted by Gasteiger charge is 2.48. The molecule has 8 nitrogen and oxygen atoms in total. The Morgan fingerprint density at radius 1 is 1.25 bits per heavy atom. The van der Waals surface area contributed by atoms with Gasteiger partial charge in [-0.1, -0.05) is 12.1 Å². The molecular weight excluding hydrogens is 456 g/mol. The van der Waals surface area contributed by atoms with Gasteiger partial charge < -0.3 is 35.4 Å². The van der Waals surface area contributed by atoms with Crippen molar-refractivity contribution < 1.29 is 29.6 Å². The lowest BCUT2D eigenvalue weighted by molar-refractivity contribution is -0.205. The van der Waals surface area contributed by atoms with Crippen molar-refractivity contribution in [2.45, 2.75) is 73.0 Å². The maximum Gasteiger partial charge on any atom is 0.237 e. The molecule has 2 aliphatic rings. The molecule has 0 spiro atoms. The zero-order chi connectivity index (χ0) is 23.4. The second-order valence-electron chi connectivity index (χ2n) is 8.39. The normalized spacial score (nSPS) is 35.0. The van der Waals surface area contributed by atoms with E-state index >= 15 is 0 Å². The molecule has 180 valence electrons. The summed E-state index contributed by atoms with van der Waals surface area (Å²) < 4.78 is 11.0. The van der Waals surface area contributed by atoms with Gasteiger partial charge in [0, 0.05) is 0 Å². The molecule has 32 heavy (non-hydrogen) atoms. The number of piperidine rings is 1. The first-order valence-corrected chi connectivity index (χ1v) is 12.5. The summed E-state index contributed by atoms with van der Waals surface area (Å²) in [6.45, 7) is 2.39. The molecule has 1 aromatic carbocycles. The molecule has 0 bridgehead atoms. The fourth-order valence-electron chi connectivity index (χ4n) is 4.38. The van der Waals surface area contributed by atoms with Crippen molar-refractivity contribution in [3.8, 4) is 5.75 Å². The van der Waals surface area contributed by atoms with Crippen LogP contribution in [0.2, 0.25) is 0 Å². The van der Waals surface area contributed by atoms with Crippen molar-refractivity contribution in [1.82, 2.24) is 10.6 Å². The summed E-state index contributed by atoms with van der Waals surface area (Å²) in [4.78, 5) is 13.1. The number of benzene rings is 1. The molecule has 3 rings (SSSR count). The van der Waals surface area contributed by atoms with Gasteiger partial charge in [0.15, 0.2) is 0 Å². The summed E-state index contributed by atoms with van der Waals surface area (Å²) in [7, 11) is 1.63. The topological polar surface area (TPSA) is 120 Å². The number of nitrogens with one attached hydrogen (secondary N) is 2. The van der Waals surface area contributed by atoms with Crippen molar-refractivity contribution in [2.75, 3.05) is 19.9 Å². The first kappa shape index (κ1) is 25.6. The van der Waals surface area contributed by atoms with Gasteiger partial charge in [-0.3, -0.25) is 4.79 Å². The van der Waals surface area contributed by atoms with E-state index in [1.54, 1.807) is 20.3 Å². The van der Waals surface area contributed by atoms with Gasteiger partial charge in [0.25, 0.3) is 0 Å². The number of ether oxygens (including phenoxy) is 2. The highest BCUT2D eigenvalue weighted by Crippen LogP contribution is 2.31. The number of carbonyl (C=O) groups is 1. The third-order valence-corrected chi connectivity index (χ3v) is 7.43. The molecular formula is C22H33ClN2O6S. The number of thioether (sulfide) groups is 1. The standard InChI is InChI=1S/C22H33ClN2O6S/c1-11(23)16(20-18(27)17(26)19(28)22(31-20)32-3)25-21(29)15-10-13(8-9-24-15)12-4-6-14(30-2)7-5-12/h4-7,11,13,15-20,22,24,26-28H,8-10H2,1-3H3,(H,25,29)/t11-,13+,15-,16?,17-,18+,19+,20+,22+/m0/s1. The Kier molecular flexibility index (Phi) is 9.08. The molecule has 0 saturated carbocycles. The summed E-state index contributed by atoms with van der Waals surface area (Å²) in [5, 5.41) is 36.5. The maximum absolute atomic E-state index is 13.1. The Bertz CT molecular complexity index is 752. The van der Waals surface area contributed by atoms with E-state index in [0.29, 0.717) is 13.0 Å². The van der Waals surface area contributed by atoms with Gasteiger partial charge in [0.2, 0.25) is 5.91 Å². The van der Waals surface area contributed by atoms with E-state index in [1.165, 1.54) is 11.8 Å². The molecule has 2 fully saturated rings. The van der Waals surface area contributed by atoms with E-state index in [1.807, 2.05) is 24.3 Å². The van der Waals surface area contributed by atoms with Crippen LogP contribution in [0.25, 0.3) is 0 Å². The van der Waals surface area contributed by atoms with E-state index in [9.17, 15) is 20.1 Å². The number of methoxy groups -OCH3 is 1. The monoisotopic (exact) mass is 488 g/mol. The largest absolute Gasteiger partial charge is 0.497 e. The Morgan fingerprint density at radius 2 is 1.94 bits per heavy atom. The van der Waals surface area contributed by atoms with Gasteiger partial charge in [0.05, 0.1) is 24.6 Å². The maximum atomic E-state index is 13.1. The lowest BCUT2D eigenvalue weighted by Crippen LogP contribution is -2.65. The van der Waals surface area contributed by atoms with E-state index in [2.05, 4.69) is 10.6 Å². The predicted octanol–water partition coefficient (Wildman–Crippen LogP) is 0.813. The van der Waals surface area contributed by atoms with Crippen LogP contribution >= 0.6 is 23.4 Å². The quantitative estimate of drug-likeness (QED) is 0.358. The van der Waals surface area contributed by atoms with Crippen LogP contribution in [-0.4, -0.2) is 88.4 Å². The zero-order valence-corrected chi connectivity index (χ0v) is 20.1. The van der Waals surface area contributed by atoms with E-state index in [0.717, 1.165) is 17.7 Å². The third-order valence-electron chi connectivity index (χ3n) is 6.30. The van der Waals surface area contributed by atoms with Gasteiger partial charge >= 0.3 is 0 Å². The summed E-state index contributed by atoms with van der Waals surface area (Å²) in [6, 6.07) is 6.70. The molecule has 9 atom stereocenters. The fourth-order valence-corrected chi connectivity index (χ4v) is 5.27. The van der Waals surface area contributed by atoms with Gasteiger partial charge in [-0.15, -0.1) is 23.4 Å². The van der Waals surface area contributed by atoms with Crippen LogP contribution in [0, 0.1) is 0 Å². The minimum atomic E-state index is -1.40.